The molecular weight excluding hydrogens is 253 g/mol. The summed E-state index contributed by atoms with van der Waals surface area (Å²) in [7, 11) is 0. The van der Waals surface area contributed by atoms with Crippen LogP contribution >= 0.6 is 0 Å². The van der Waals surface area contributed by atoms with Gasteiger partial charge in [-0.25, -0.2) is 9.37 Å². The third-order valence-electron chi connectivity index (χ3n) is 3.43. The summed E-state index contributed by atoms with van der Waals surface area (Å²) in [6, 6.07) is 5.43. The zero-order valence-corrected chi connectivity index (χ0v) is 12.5. The Morgan fingerprint density at radius 3 is 2.70 bits per heavy atom. The third-order valence-corrected chi connectivity index (χ3v) is 3.43. The summed E-state index contributed by atoms with van der Waals surface area (Å²) >= 11 is 0. The van der Waals surface area contributed by atoms with Crippen molar-refractivity contribution in [2.45, 2.75) is 33.7 Å². The molecule has 0 fully saturated rings. The maximum Gasteiger partial charge on any atom is 0.203 e. The van der Waals surface area contributed by atoms with Crippen LogP contribution in [0.2, 0.25) is 0 Å². The van der Waals surface area contributed by atoms with E-state index in [1.54, 1.807) is 19.2 Å². The van der Waals surface area contributed by atoms with Gasteiger partial charge in [-0.3, -0.25) is 0 Å². The van der Waals surface area contributed by atoms with Gasteiger partial charge in [0.25, 0.3) is 0 Å². The average molecular weight is 275 g/mol. The van der Waals surface area contributed by atoms with Crippen LogP contribution in [0.3, 0.4) is 0 Å². The minimum absolute atomic E-state index is 0.0438. The molecule has 2 aromatic rings. The fourth-order valence-corrected chi connectivity index (χ4v) is 2.09. The topological polar surface area (TPSA) is 29.9 Å². The number of anilines is 1. The van der Waals surface area contributed by atoms with Crippen LogP contribution in [0, 0.1) is 18.7 Å². The van der Waals surface area contributed by atoms with Crippen LogP contribution in [0.5, 0.6) is 0 Å². The van der Waals surface area contributed by atoms with Gasteiger partial charge in [0.15, 0.2) is 0 Å². The van der Waals surface area contributed by atoms with Gasteiger partial charge in [-0.15, -0.1) is 0 Å². The Morgan fingerprint density at radius 1 is 1.30 bits per heavy atom. The second-order valence-corrected chi connectivity index (χ2v) is 5.62. The molecule has 0 bridgehead atoms. The Hall–Kier alpha value is -1.84. The first-order valence-electron chi connectivity index (χ1n) is 7.01. The number of nitrogens with one attached hydrogen (secondary N) is 1. The van der Waals surface area contributed by atoms with Crippen LogP contribution in [0.1, 0.15) is 37.9 Å². The number of benzene rings is 1. The molecule has 1 aromatic carbocycles. The molecule has 20 heavy (non-hydrogen) atoms. The molecule has 0 aliphatic heterocycles. The smallest absolute Gasteiger partial charge is 0.203 e. The van der Waals surface area contributed by atoms with Crippen molar-refractivity contribution in [1.82, 2.24) is 9.55 Å². The lowest BCUT2D eigenvalue weighted by atomic mass is 10.1. The van der Waals surface area contributed by atoms with Gasteiger partial charge in [-0.1, -0.05) is 26.0 Å². The number of aromatic nitrogens is 2. The SMILES string of the molecule is Cc1ccc(C(C)n2ccnc2NCC(C)C)cc1F. The van der Waals surface area contributed by atoms with Crippen molar-refractivity contribution in [3.63, 3.8) is 0 Å². The Morgan fingerprint density at radius 2 is 2.05 bits per heavy atom. The summed E-state index contributed by atoms with van der Waals surface area (Å²) in [4.78, 5) is 4.33. The van der Waals surface area contributed by atoms with Gasteiger partial charge in [-0.05, 0) is 37.0 Å². The van der Waals surface area contributed by atoms with E-state index in [4.69, 9.17) is 0 Å². The summed E-state index contributed by atoms with van der Waals surface area (Å²) in [5.41, 5.74) is 1.61. The van der Waals surface area contributed by atoms with Crippen LogP contribution in [0.25, 0.3) is 0 Å². The van der Waals surface area contributed by atoms with E-state index in [0.717, 1.165) is 18.1 Å². The normalized spacial score (nSPS) is 12.7. The fourth-order valence-electron chi connectivity index (χ4n) is 2.09. The molecule has 1 aromatic heterocycles. The van der Waals surface area contributed by atoms with Crippen LogP contribution in [0.4, 0.5) is 10.3 Å². The summed E-state index contributed by atoms with van der Waals surface area (Å²) < 4.78 is 15.7. The first-order chi connectivity index (χ1) is 9.49. The standard InChI is InChI=1S/C16H22FN3/c1-11(2)10-19-16-18-7-8-20(16)13(4)14-6-5-12(3)15(17)9-14/h5-9,11,13H,10H2,1-4H3,(H,18,19). The molecular formula is C16H22FN3. The highest BCUT2D eigenvalue weighted by molar-refractivity contribution is 5.32. The van der Waals surface area contributed by atoms with E-state index in [9.17, 15) is 4.39 Å². The second kappa shape index (κ2) is 6.07. The van der Waals surface area contributed by atoms with Crippen molar-refractivity contribution >= 4 is 5.95 Å². The first-order valence-corrected chi connectivity index (χ1v) is 7.01. The van der Waals surface area contributed by atoms with E-state index in [1.807, 2.05) is 29.8 Å². The molecule has 0 amide bonds. The molecule has 0 radical (unpaired) electrons. The van der Waals surface area contributed by atoms with Crippen molar-refractivity contribution < 1.29 is 4.39 Å². The molecule has 1 N–H and O–H groups in total. The van der Waals surface area contributed by atoms with Crippen molar-refractivity contribution in [2.24, 2.45) is 5.92 Å². The molecule has 1 atom stereocenters. The highest BCUT2D eigenvalue weighted by atomic mass is 19.1. The number of hydrogen-bond donors (Lipinski definition) is 1. The van der Waals surface area contributed by atoms with Crippen molar-refractivity contribution in [1.29, 1.82) is 0 Å². The third kappa shape index (κ3) is 3.18. The predicted octanol–water partition coefficient (Wildman–Crippen LogP) is 4.01. The minimum Gasteiger partial charge on any atom is -0.355 e. The quantitative estimate of drug-likeness (QED) is 0.893. The lowest BCUT2D eigenvalue weighted by Gasteiger charge is -2.18. The molecule has 3 nitrogen and oxygen atoms in total. The number of hydrogen-bond acceptors (Lipinski definition) is 2. The lowest BCUT2D eigenvalue weighted by Crippen LogP contribution is -2.15. The van der Waals surface area contributed by atoms with E-state index in [1.165, 1.54) is 0 Å². The molecule has 108 valence electrons. The Balaban J connectivity index is 2.22. The number of halogens is 1. The van der Waals surface area contributed by atoms with Gasteiger partial charge >= 0.3 is 0 Å². The molecule has 0 saturated heterocycles. The molecule has 0 saturated carbocycles. The average Bonchev–Trinajstić information content (AvgIpc) is 2.87. The van der Waals surface area contributed by atoms with Gasteiger partial charge < -0.3 is 9.88 Å². The highest BCUT2D eigenvalue weighted by Crippen LogP contribution is 2.23. The summed E-state index contributed by atoms with van der Waals surface area (Å²) in [6.45, 7) is 8.99. The van der Waals surface area contributed by atoms with Gasteiger partial charge in [0.2, 0.25) is 5.95 Å². The van der Waals surface area contributed by atoms with Crippen LogP contribution in [0.15, 0.2) is 30.6 Å². The number of aryl methyl sites for hydroxylation is 1. The van der Waals surface area contributed by atoms with Crippen molar-refractivity contribution in [2.75, 3.05) is 11.9 Å². The molecule has 2 rings (SSSR count). The Bertz CT molecular complexity index is 575. The summed E-state index contributed by atoms with van der Waals surface area (Å²) in [5.74, 6) is 1.21. The van der Waals surface area contributed by atoms with Gasteiger partial charge in [0, 0.05) is 18.9 Å². The zero-order valence-electron chi connectivity index (χ0n) is 12.5. The monoisotopic (exact) mass is 275 g/mol. The van der Waals surface area contributed by atoms with Crippen LogP contribution in [-0.2, 0) is 0 Å². The largest absolute Gasteiger partial charge is 0.355 e. The maximum absolute atomic E-state index is 13.7. The van der Waals surface area contributed by atoms with Crippen molar-refractivity contribution in [3.05, 3.63) is 47.5 Å². The Kier molecular flexibility index (Phi) is 4.42. The zero-order chi connectivity index (χ0) is 14.7. The Labute approximate surface area is 119 Å². The summed E-state index contributed by atoms with van der Waals surface area (Å²) in [5, 5.41) is 3.33. The van der Waals surface area contributed by atoms with Crippen LogP contribution < -0.4 is 5.32 Å². The molecule has 0 aliphatic rings. The number of nitrogens with zero attached hydrogens (tertiary/aromatic N) is 2. The number of rotatable bonds is 5. The van der Waals surface area contributed by atoms with Crippen LogP contribution in [-0.4, -0.2) is 16.1 Å². The predicted molar refractivity (Wildman–Crippen MR) is 80.5 cm³/mol. The number of imidazole rings is 1. The first kappa shape index (κ1) is 14.6. The van der Waals surface area contributed by atoms with E-state index < -0.39 is 0 Å². The van der Waals surface area contributed by atoms with Crippen molar-refractivity contribution in [3.8, 4) is 0 Å². The minimum atomic E-state index is -0.161. The lowest BCUT2D eigenvalue weighted by molar-refractivity contribution is 0.597. The molecule has 4 heteroatoms. The second-order valence-electron chi connectivity index (χ2n) is 5.62. The molecule has 0 aliphatic carbocycles. The molecule has 0 spiro atoms. The van der Waals surface area contributed by atoms with E-state index in [0.29, 0.717) is 11.5 Å². The fraction of sp³-hybridized carbons (Fsp3) is 0.438. The molecule has 1 unspecified atom stereocenters. The van der Waals surface area contributed by atoms with Gasteiger partial charge in [-0.2, -0.15) is 0 Å². The summed E-state index contributed by atoms with van der Waals surface area (Å²) in [6.07, 6.45) is 3.69. The molecule has 1 heterocycles. The van der Waals surface area contributed by atoms with Gasteiger partial charge in [0.05, 0.1) is 6.04 Å². The van der Waals surface area contributed by atoms with Gasteiger partial charge in [0.1, 0.15) is 5.82 Å². The maximum atomic E-state index is 13.7. The van der Waals surface area contributed by atoms with E-state index in [-0.39, 0.29) is 11.9 Å². The van der Waals surface area contributed by atoms with E-state index >= 15 is 0 Å². The highest BCUT2D eigenvalue weighted by Gasteiger charge is 2.13. The van der Waals surface area contributed by atoms with E-state index in [2.05, 4.69) is 24.1 Å².